The van der Waals surface area contributed by atoms with Crippen molar-refractivity contribution in [2.45, 2.75) is 44.4 Å². The topological polar surface area (TPSA) is 87.4 Å². The maximum atomic E-state index is 11.9. The van der Waals surface area contributed by atoms with Crippen LogP contribution in [-0.2, 0) is 6.54 Å². The number of oxazole rings is 1. The minimum absolute atomic E-state index is 0.166. The second-order valence-electron chi connectivity index (χ2n) is 5.80. The molecule has 6 heteroatoms. The van der Waals surface area contributed by atoms with Crippen molar-refractivity contribution >= 4 is 6.03 Å². The number of rotatable bonds is 4. The van der Waals surface area contributed by atoms with Crippen molar-refractivity contribution in [2.75, 3.05) is 0 Å². The van der Waals surface area contributed by atoms with Gasteiger partial charge in [-0.2, -0.15) is 0 Å². The van der Waals surface area contributed by atoms with Crippen LogP contribution in [0.2, 0.25) is 0 Å². The lowest BCUT2D eigenvalue weighted by molar-refractivity contribution is 0.0943. The van der Waals surface area contributed by atoms with Gasteiger partial charge in [-0.15, -0.1) is 0 Å². The van der Waals surface area contributed by atoms with Gasteiger partial charge in [0.2, 0.25) is 5.89 Å². The molecule has 1 aliphatic carbocycles. The molecular weight excluding hydrogens is 294 g/mol. The van der Waals surface area contributed by atoms with E-state index in [4.69, 9.17) is 4.42 Å². The van der Waals surface area contributed by atoms with Crippen LogP contribution in [0.4, 0.5) is 4.79 Å². The van der Waals surface area contributed by atoms with Gasteiger partial charge in [0.05, 0.1) is 24.4 Å². The van der Waals surface area contributed by atoms with E-state index in [9.17, 15) is 9.90 Å². The first kappa shape index (κ1) is 15.6. The molecule has 2 aromatic rings. The molecule has 0 radical (unpaired) electrons. The molecule has 0 aliphatic heterocycles. The van der Waals surface area contributed by atoms with Gasteiger partial charge in [-0.1, -0.05) is 31.0 Å². The molecule has 0 saturated heterocycles. The zero-order chi connectivity index (χ0) is 16.1. The lowest BCUT2D eigenvalue weighted by Gasteiger charge is -2.28. The standard InChI is InChI=1S/C17H21N3O3/c21-15-9-5-4-8-14(15)20-17(22)18-10-13-11-23-16(19-13)12-6-2-1-3-7-12/h1-3,6-7,11,14-15,21H,4-5,8-10H2,(H2,18,20,22). The molecule has 2 atom stereocenters. The van der Waals surface area contributed by atoms with Crippen molar-refractivity contribution in [3.63, 3.8) is 0 Å². The molecule has 1 aromatic heterocycles. The Kier molecular flexibility index (Phi) is 4.92. The Morgan fingerprint density at radius 2 is 2.04 bits per heavy atom. The summed E-state index contributed by atoms with van der Waals surface area (Å²) in [5, 5.41) is 15.4. The third-order valence-corrected chi connectivity index (χ3v) is 4.05. The SMILES string of the molecule is O=C(NCc1coc(-c2ccccc2)n1)NC1CCCCC1O. The van der Waals surface area contributed by atoms with E-state index in [1.165, 1.54) is 6.26 Å². The molecule has 2 amide bonds. The zero-order valence-corrected chi connectivity index (χ0v) is 12.9. The molecule has 1 aromatic carbocycles. The van der Waals surface area contributed by atoms with E-state index in [1.807, 2.05) is 30.3 Å². The Labute approximate surface area is 134 Å². The van der Waals surface area contributed by atoms with Crippen LogP contribution in [0.3, 0.4) is 0 Å². The summed E-state index contributed by atoms with van der Waals surface area (Å²) < 4.78 is 5.43. The van der Waals surface area contributed by atoms with Crippen molar-refractivity contribution in [2.24, 2.45) is 0 Å². The first-order valence-corrected chi connectivity index (χ1v) is 7.94. The van der Waals surface area contributed by atoms with Crippen LogP contribution in [0.5, 0.6) is 0 Å². The van der Waals surface area contributed by atoms with Gasteiger partial charge in [0.25, 0.3) is 0 Å². The third kappa shape index (κ3) is 4.10. The minimum Gasteiger partial charge on any atom is -0.444 e. The van der Waals surface area contributed by atoms with Crippen LogP contribution in [-0.4, -0.2) is 28.3 Å². The highest BCUT2D eigenvalue weighted by molar-refractivity contribution is 5.74. The average Bonchev–Trinajstić information content (AvgIpc) is 3.05. The van der Waals surface area contributed by atoms with Gasteiger partial charge in [-0.3, -0.25) is 0 Å². The summed E-state index contributed by atoms with van der Waals surface area (Å²) in [5.74, 6) is 0.533. The number of aliphatic hydroxyl groups is 1. The number of carbonyl (C=O) groups excluding carboxylic acids is 1. The van der Waals surface area contributed by atoms with Crippen LogP contribution in [0, 0.1) is 0 Å². The smallest absolute Gasteiger partial charge is 0.315 e. The lowest BCUT2D eigenvalue weighted by atomic mass is 9.93. The molecule has 0 spiro atoms. The van der Waals surface area contributed by atoms with E-state index in [2.05, 4.69) is 15.6 Å². The fourth-order valence-electron chi connectivity index (χ4n) is 2.77. The second-order valence-corrected chi connectivity index (χ2v) is 5.80. The summed E-state index contributed by atoms with van der Waals surface area (Å²) in [6, 6.07) is 9.14. The van der Waals surface area contributed by atoms with Gasteiger partial charge in [0, 0.05) is 5.56 Å². The summed E-state index contributed by atoms with van der Waals surface area (Å²) in [5.41, 5.74) is 1.55. The molecular formula is C17H21N3O3. The van der Waals surface area contributed by atoms with E-state index in [-0.39, 0.29) is 18.6 Å². The van der Waals surface area contributed by atoms with E-state index < -0.39 is 6.10 Å². The Hall–Kier alpha value is -2.34. The van der Waals surface area contributed by atoms with E-state index >= 15 is 0 Å². The Bertz CT molecular complexity index is 642. The average molecular weight is 315 g/mol. The maximum Gasteiger partial charge on any atom is 0.315 e. The molecule has 23 heavy (non-hydrogen) atoms. The fraction of sp³-hybridized carbons (Fsp3) is 0.412. The Morgan fingerprint density at radius 3 is 2.83 bits per heavy atom. The van der Waals surface area contributed by atoms with Crippen LogP contribution >= 0.6 is 0 Å². The Morgan fingerprint density at radius 1 is 1.26 bits per heavy atom. The summed E-state index contributed by atoms with van der Waals surface area (Å²) >= 11 is 0. The largest absolute Gasteiger partial charge is 0.444 e. The number of hydrogen-bond acceptors (Lipinski definition) is 4. The normalized spacial score (nSPS) is 20.9. The number of hydrogen-bond donors (Lipinski definition) is 3. The first-order chi connectivity index (χ1) is 11.2. The molecule has 3 N–H and O–H groups in total. The maximum absolute atomic E-state index is 11.9. The summed E-state index contributed by atoms with van der Waals surface area (Å²) in [7, 11) is 0. The lowest BCUT2D eigenvalue weighted by Crippen LogP contribution is -2.48. The van der Waals surface area contributed by atoms with E-state index in [1.54, 1.807) is 0 Å². The highest BCUT2D eigenvalue weighted by Crippen LogP contribution is 2.19. The van der Waals surface area contributed by atoms with Crippen molar-refractivity contribution in [3.05, 3.63) is 42.3 Å². The predicted octanol–water partition coefficient (Wildman–Crippen LogP) is 2.44. The highest BCUT2D eigenvalue weighted by atomic mass is 16.3. The van der Waals surface area contributed by atoms with Gasteiger partial charge in [0.1, 0.15) is 6.26 Å². The van der Waals surface area contributed by atoms with Crippen LogP contribution in [0.25, 0.3) is 11.5 Å². The van der Waals surface area contributed by atoms with Crippen molar-refractivity contribution < 1.29 is 14.3 Å². The number of nitrogens with zero attached hydrogens (tertiary/aromatic N) is 1. The Balaban J connectivity index is 1.50. The molecule has 6 nitrogen and oxygen atoms in total. The van der Waals surface area contributed by atoms with Gasteiger partial charge >= 0.3 is 6.03 Å². The molecule has 1 saturated carbocycles. The summed E-state index contributed by atoms with van der Waals surface area (Å²) in [6.45, 7) is 0.283. The number of urea groups is 1. The second kappa shape index (κ2) is 7.28. The van der Waals surface area contributed by atoms with E-state index in [0.717, 1.165) is 31.2 Å². The summed E-state index contributed by atoms with van der Waals surface area (Å²) in [6.07, 6.45) is 4.70. The van der Waals surface area contributed by atoms with Crippen molar-refractivity contribution in [1.82, 2.24) is 15.6 Å². The van der Waals surface area contributed by atoms with Crippen LogP contribution < -0.4 is 10.6 Å². The molecule has 3 rings (SSSR count). The fourth-order valence-corrected chi connectivity index (χ4v) is 2.77. The van der Waals surface area contributed by atoms with E-state index in [0.29, 0.717) is 11.6 Å². The van der Waals surface area contributed by atoms with Gasteiger partial charge in [-0.05, 0) is 25.0 Å². The number of nitrogens with one attached hydrogen (secondary N) is 2. The monoisotopic (exact) mass is 315 g/mol. The zero-order valence-electron chi connectivity index (χ0n) is 12.9. The molecule has 1 fully saturated rings. The van der Waals surface area contributed by atoms with Crippen molar-refractivity contribution in [1.29, 1.82) is 0 Å². The molecule has 1 heterocycles. The first-order valence-electron chi connectivity index (χ1n) is 7.94. The molecule has 122 valence electrons. The van der Waals surface area contributed by atoms with Gasteiger partial charge < -0.3 is 20.2 Å². The number of aliphatic hydroxyl groups excluding tert-OH is 1. The highest BCUT2D eigenvalue weighted by Gasteiger charge is 2.24. The molecule has 2 unspecified atom stereocenters. The van der Waals surface area contributed by atoms with Gasteiger partial charge in [-0.25, -0.2) is 9.78 Å². The number of amides is 2. The molecule has 0 bridgehead atoms. The quantitative estimate of drug-likeness (QED) is 0.808. The number of carbonyl (C=O) groups is 1. The molecule has 1 aliphatic rings. The van der Waals surface area contributed by atoms with Crippen LogP contribution in [0.15, 0.2) is 41.0 Å². The van der Waals surface area contributed by atoms with Crippen molar-refractivity contribution in [3.8, 4) is 11.5 Å². The van der Waals surface area contributed by atoms with Crippen LogP contribution in [0.1, 0.15) is 31.4 Å². The van der Waals surface area contributed by atoms with Gasteiger partial charge in [0.15, 0.2) is 0 Å². The minimum atomic E-state index is -0.453. The number of aromatic nitrogens is 1. The number of benzene rings is 1. The predicted molar refractivity (Wildman–Crippen MR) is 85.6 cm³/mol. The summed E-state index contributed by atoms with van der Waals surface area (Å²) in [4.78, 5) is 16.3. The third-order valence-electron chi connectivity index (χ3n) is 4.05.